The number of amides is 2. The molecule has 1 aromatic heterocycles. The van der Waals surface area contributed by atoms with E-state index in [2.05, 4.69) is 15.3 Å². The quantitative estimate of drug-likeness (QED) is 0.419. The number of carbonyl (C=O) groups is 2. The van der Waals surface area contributed by atoms with E-state index < -0.39 is 23.7 Å². The SMILES string of the molecule is O=C(Nc1ccc(F)cc1)[C@@H](c1ccccc1)N(Cc1ccc2c(c1)OCO2)C(=O)c1cnccn1. The number of ether oxygens (including phenoxy) is 2. The van der Waals surface area contributed by atoms with Crippen molar-refractivity contribution in [1.82, 2.24) is 14.9 Å². The normalized spacial score (nSPS) is 12.6. The highest BCUT2D eigenvalue weighted by Crippen LogP contribution is 2.34. The van der Waals surface area contributed by atoms with Crippen LogP contribution in [0.2, 0.25) is 0 Å². The molecule has 0 aliphatic carbocycles. The van der Waals surface area contributed by atoms with Crippen LogP contribution in [-0.2, 0) is 11.3 Å². The zero-order valence-corrected chi connectivity index (χ0v) is 19.0. The zero-order chi connectivity index (χ0) is 24.9. The molecule has 0 radical (unpaired) electrons. The van der Waals surface area contributed by atoms with Gasteiger partial charge in [-0.15, -0.1) is 0 Å². The molecule has 36 heavy (non-hydrogen) atoms. The number of carbonyl (C=O) groups excluding carboxylic acids is 2. The Balaban J connectivity index is 1.55. The molecule has 0 fully saturated rings. The number of hydrogen-bond donors (Lipinski definition) is 1. The molecule has 0 saturated heterocycles. The highest BCUT2D eigenvalue weighted by Gasteiger charge is 2.33. The van der Waals surface area contributed by atoms with E-state index in [1.807, 2.05) is 12.1 Å². The summed E-state index contributed by atoms with van der Waals surface area (Å²) in [6, 6.07) is 18.7. The number of anilines is 1. The fourth-order valence-corrected chi connectivity index (χ4v) is 3.93. The van der Waals surface area contributed by atoms with Gasteiger partial charge in [0.1, 0.15) is 17.6 Å². The van der Waals surface area contributed by atoms with Gasteiger partial charge in [-0.1, -0.05) is 36.4 Å². The molecule has 0 bridgehead atoms. The van der Waals surface area contributed by atoms with Crippen molar-refractivity contribution in [1.29, 1.82) is 0 Å². The monoisotopic (exact) mass is 484 g/mol. The van der Waals surface area contributed by atoms with Crippen molar-refractivity contribution in [3.63, 3.8) is 0 Å². The fraction of sp³-hybridized carbons (Fsp3) is 0.111. The molecule has 5 rings (SSSR count). The van der Waals surface area contributed by atoms with Crippen LogP contribution in [0.4, 0.5) is 10.1 Å². The number of benzene rings is 3. The van der Waals surface area contributed by atoms with Gasteiger partial charge in [0.05, 0.1) is 6.20 Å². The van der Waals surface area contributed by atoms with Crippen LogP contribution in [0, 0.1) is 5.82 Å². The van der Waals surface area contributed by atoms with Crippen molar-refractivity contribution < 1.29 is 23.5 Å². The van der Waals surface area contributed by atoms with Gasteiger partial charge in [-0.05, 0) is 47.5 Å². The van der Waals surface area contributed by atoms with Crippen molar-refractivity contribution in [2.24, 2.45) is 0 Å². The zero-order valence-electron chi connectivity index (χ0n) is 19.0. The topological polar surface area (TPSA) is 93.7 Å². The van der Waals surface area contributed by atoms with Gasteiger partial charge in [0.15, 0.2) is 11.5 Å². The molecule has 0 saturated carbocycles. The van der Waals surface area contributed by atoms with Gasteiger partial charge in [0.25, 0.3) is 11.8 Å². The van der Waals surface area contributed by atoms with Gasteiger partial charge in [-0.3, -0.25) is 14.6 Å². The third kappa shape index (κ3) is 5.00. The van der Waals surface area contributed by atoms with Crippen molar-refractivity contribution in [3.8, 4) is 11.5 Å². The summed E-state index contributed by atoms with van der Waals surface area (Å²) in [7, 11) is 0. The second kappa shape index (κ2) is 10.2. The summed E-state index contributed by atoms with van der Waals surface area (Å²) < 4.78 is 24.3. The predicted octanol–water partition coefficient (Wildman–Crippen LogP) is 4.37. The van der Waals surface area contributed by atoms with Crippen LogP contribution in [0.25, 0.3) is 0 Å². The van der Waals surface area contributed by atoms with Crippen molar-refractivity contribution >= 4 is 17.5 Å². The Labute approximate surface area is 206 Å². The lowest BCUT2D eigenvalue weighted by Gasteiger charge is -2.31. The molecule has 2 amide bonds. The molecule has 3 aromatic carbocycles. The fourth-order valence-electron chi connectivity index (χ4n) is 3.93. The molecular weight excluding hydrogens is 463 g/mol. The minimum absolute atomic E-state index is 0.0719. The summed E-state index contributed by atoms with van der Waals surface area (Å²) in [5.74, 6) is -0.199. The maximum atomic E-state index is 13.7. The van der Waals surface area contributed by atoms with Crippen LogP contribution < -0.4 is 14.8 Å². The van der Waals surface area contributed by atoms with Crippen LogP contribution in [0.15, 0.2) is 91.4 Å². The van der Waals surface area contributed by atoms with Gasteiger partial charge in [0, 0.05) is 24.6 Å². The molecule has 1 aliphatic heterocycles. The summed E-state index contributed by atoms with van der Waals surface area (Å²) in [5.41, 5.74) is 1.81. The van der Waals surface area contributed by atoms with Crippen LogP contribution in [0.5, 0.6) is 11.5 Å². The Hall–Kier alpha value is -4.79. The average Bonchev–Trinajstić information content (AvgIpc) is 3.38. The van der Waals surface area contributed by atoms with Gasteiger partial charge >= 0.3 is 0 Å². The van der Waals surface area contributed by atoms with E-state index in [4.69, 9.17) is 9.47 Å². The summed E-state index contributed by atoms with van der Waals surface area (Å²) >= 11 is 0. The van der Waals surface area contributed by atoms with E-state index in [-0.39, 0.29) is 19.0 Å². The Morgan fingerprint density at radius 3 is 2.50 bits per heavy atom. The second-order valence-electron chi connectivity index (χ2n) is 8.02. The summed E-state index contributed by atoms with van der Waals surface area (Å²) in [6.45, 7) is 0.191. The first-order valence-corrected chi connectivity index (χ1v) is 11.2. The molecule has 9 heteroatoms. The number of aromatic nitrogens is 2. The smallest absolute Gasteiger partial charge is 0.275 e. The van der Waals surface area contributed by atoms with Crippen LogP contribution in [0.3, 0.4) is 0 Å². The van der Waals surface area contributed by atoms with Gasteiger partial charge in [-0.2, -0.15) is 0 Å². The Morgan fingerprint density at radius 2 is 1.75 bits per heavy atom. The molecule has 0 spiro atoms. The van der Waals surface area contributed by atoms with E-state index in [1.165, 1.54) is 47.8 Å². The van der Waals surface area contributed by atoms with E-state index in [9.17, 15) is 14.0 Å². The van der Waals surface area contributed by atoms with Crippen molar-refractivity contribution in [2.75, 3.05) is 12.1 Å². The minimum Gasteiger partial charge on any atom is -0.454 e. The number of hydrogen-bond acceptors (Lipinski definition) is 6. The highest BCUT2D eigenvalue weighted by molar-refractivity contribution is 6.00. The first-order chi connectivity index (χ1) is 17.6. The number of nitrogens with one attached hydrogen (secondary N) is 1. The number of nitrogens with zero attached hydrogens (tertiary/aromatic N) is 3. The van der Waals surface area contributed by atoms with Gasteiger partial charge in [-0.25, -0.2) is 9.37 Å². The molecule has 1 N–H and O–H groups in total. The Bertz CT molecular complexity index is 1370. The molecule has 180 valence electrons. The molecule has 1 atom stereocenters. The van der Waals surface area contributed by atoms with Crippen LogP contribution in [-0.4, -0.2) is 33.5 Å². The van der Waals surface area contributed by atoms with Crippen molar-refractivity contribution in [2.45, 2.75) is 12.6 Å². The van der Waals surface area contributed by atoms with Gasteiger partial charge in [0.2, 0.25) is 6.79 Å². The average molecular weight is 484 g/mol. The Morgan fingerprint density at radius 1 is 0.972 bits per heavy atom. The third-order valence-electron chi connectivity index (χ3n) is 5.62. The lowest BCUT2D eigenvalue weighted by molar-refractivity contribution is -0.121. The molecule has 4 aromatic rings. The minimum atomic E-state index is -1.03. The highest BCUT2D eigenvalue weighted by atomic mass is 19.1. The van der Waals surface area contributed by atoms with Gasteiger partial charge < -0.3 is 19.7 Å². The summed E-state index contributed by atoms with van der Waals surface area (Å²) in [6.07, 6.45) is 4.24. The number of halogens is 1. The standard InChI is InChI=1S/C27H21FN4O4/c28-20-7-9-21(10-8-20)31-26(33)25(19-4-2-1-3-5-19)32(27(34)22-15-29-12-13-30-22)16-18-6-11-23-24(14-18)36-17-35-23/h1-15,25H,16-17H2,(H,31,33)/t25-/m1/s1. The lowest BCUT2D eigenvalue weighted by Crippen LogP contribution is -2.41. The molecule has 2 heterocycles. The third-order valence-corrected chi connectivity index (χ3v) is 5.62. The summed E-state index contributed by atoms with van der Waals surface area (Å²) in [5, 5.41) is 2.80. The van der Waals surface area contributed by atoms with Crippen LogP contribution >= 0.6 is 0 Å². The first kappa shape index (κ1) is 23.0. The number of fused-ring (bicyclic) bond motifs is 1. The first-order valence-electron chi connectivity index (χ1n) is 11.2. The van der Waals surface area contributed by atoms with E-state index in [0.29, 0.717) is 22.7 Å². The number of rotatable bonds is 7. The van der Waals surface area contributed by atoms with E-state index in [1.54, 1.807) is 36.4 Å². The second-order valence-corrected chi connectivity index (χ2v) is 8.02. The maximum absolute atomic E-state index is 13.7. The van der Waals surface area contributed by atoms with Crippen molar-refractivity contribution in [3.05, 3.63) is 114 Å². The van der Waals surface area contributed by atoms with E-state index >= 15 is 0 Å². The molecule has 8 nitrogen and oxygen atoms in total. The molecule has 1 aliphatic rings. The predicted molar refractivity (Wildman–Crippen MR) is 129 cm³/mol. The molecular formula is C27H21FN4O4. The lowest BCUT2D eigenvalue weighted by atomic mass is 10.0. The van der Waals surface area contributed by atoms with E-state index in [0.717, 1.165) is 5.56 Å². The largest absolute Gasteiger partial charge is 0.454 e. The van der Waals surface area contributed by atoms with Crippen LogP contribution in [0.1, 0.15) is 27.7 Å². The maximum Gasteiger partial charge on any atom is 0.275 e. The molecule has 0 unspecified atom stereocenters. The summed E-state index contributed by atoms with van der Waals surface area (Å²) in [4.78, 5) is 37.0. The Kier molecular flexibility index (Phi) is 6.53.